The Labute approximate surface area is 65.7 Å². The first-order valence-electron chi connectivity index (χ1n) is 1.00. The first-order valence-corrected chi connectivity index (χ1v) is 2.53. The van der Waals surface area contributed by atoms with Gasteiger partial charge in [-0.05, 0) is 0 Å². The van der Waals surface area contributed by atoms with Crippen LogP contribution >= 0.6 is 7.82 Å². The van der Waals surface area contributed by atoms with E-state index in [9.17, 15) is 4.57 Å². The monoisotopic (exact) mass is 132 g/mol. The molecule has 0 aliphatic heterocycles. The van der Waals surface area contributed by atoms with Crippen molar-refractivity contribution in [3.63, 3.8) is 0 Å². The maximum atomic E-state index is 9.35. The first-order chi connectivity index (χ1) is 2.56. The van der Waals surface area contributed by atoms with Crippen molar-refractivity contribution in [2.75, 3.05) is 0 Å². The summed E-state index contributed by atoms with van der Waals surface area (Å²) in [5, 5.41) is 0. The van der Waals surface area contributed by atoms with Gasteiger partial charge in [-0.1, -0.05) is 0 Å². The van der Waals surface area contributed by atoms with Gasteiger partial charge in [0.15, 0.2) is 0 Å². The smallest absolute Gasteiger partial charge is 1.00 e. The Morgan fingerprint density at radius 1 is 1.71 bits per heavy atom. The van der Waals surface area contributed by atoms with Crippen LogP contribution in [0.1, 0.15) is 1.43 Å². The second kappa shape index (κ2) is 4.09. The summed E-state index contributed by atoms with van der Waals surface area (Å²) in [6.45, 7) is 0. The Balaban J connectivity index is -0.000000125. The molecule has 0 rings (SSSR count). The summed E-state index contributed by atoms with van der Waals surface area (Å²) in [6.07, 6.45) is 0. The van der Waals surface area contributed by atoms with E-state index in [1.54, 1.807) is 0 Å². The minimum Gasteiger partial charge on any atom is -1.00 e. The maximum absolute atomic E-state index is 9.35. The molecule has 0 heterocycles. The molecular formula is H3BNaO4P. The van der Waals surface area contributed by atoms with Gasteiger partial charge in [0.1, 0.15) is 0 Å². The van der Waals surface area contributed by atoms with Crippen LogP contribution in [0.4, 0.5) is 0 Å². The minimum atomic E-state index is -4.37. The van der Waals surface area contributed by atoms with Crippen molar-refractivity contribution < 1.29 is 49.8 Å². The van der Waals surface area contributed by atoms with E-state index in [1.807, 2.05) is 0 Å². The van der Waals surface area contributed by atoms with Gasteiger partial charge in [-0.15, -0.1) is 0 Å². The number of hydrogen-bond donors (Lipinski definition) is 2. The molecule has 4 nitrogen and oxygen atoms in total. The van der Waals surface area contributed by atoms with E-state index < -0.39 is 7.82 Å². The van der Waals surface area contributed by atoms with Crippen molar-refractivity contribution in [2.45, 2.75) is 0 Å². The second-order valence-corrected chi connectivity index (χ2v) is 1.79. The van der Waals surface area contributed by atoms with Gasteiger partial charge < -0.3 is 15.7 Å². The number of hydrogen-bond acceptors (Lipinski definition) is 2. The molecule has 0 aliphatic carbocycles. The molecule has 2 radical (unpaired) electrons. The van der Waals surface area contributed by atoms with E-state index in [2.05, 4.69) is 12.5 Å². The van der Waals surface area contributed by atoms with Crippen molar-refractivity contribution in [3.8, 4) is 0 Å². The Bertz CT molecular complexity index is 80.1. The van der Waals surface area contributed by atoms with E-state index in [4.69, 9.17) is 9.79 Å². The van der Waals surface area contributed by atoms with Crippen molar-refractivity contribution in [3.05, 3.63) is 0 Å². The summed E-state index contributed by atoms with van der Waals surface area (Å²) >= 11 is 0. The molecule has 0 saturated carbocycles. The summed E-state index contributed by atoms with van der Waals surface area (Å²) in [4.78, 5) is 15.2. The zero-order valence-corrected chi connectivity index (χ0v) is 6.63. The Hall–Kier alpha value is 1.17. The van der Waals surface area contributed by atoms with Crippen LogP contribution in [0.15, 0.2) is 0 Å². The molecule has 0 saturated heterocycles. The van der Waals surface area contributed by atoms with Gasteiger partial charge in [0.25, 0.3) is 8.05 Å². The SMILES string of the molecule is [B]OP(=O)(O)O.[H-].[Na+]. The standard InChI is InChI=1S/BH2O4P.Na.H/c1-5-6(2,3)4;;/h(H2,2,3,4);;/q;+1;-1. The van der Waals surface area contributed by atoms with Gasteiger partial charge in [0.05, 0.1) is 0 Å². The van der Waals surface area contributed by atoms with Gasteiger partial charge in [-0.2, -0.15) is 0 Å². The van der Waals surface area contributed by atoms with Gasteiger partial charge in [0.2, 0.25) is 0 Å². The maximum Gasteiger partial charge on any atom is 1.00 e. The van der Waals surface area contributed by atoms with Crippen LogP contribution in [-0.2, 0) is 9.01 Å². The molecular weight excluding hydrogens is 129 g/mol. The van der Waals surface area contributed by atoms with E-state index in [0.717, 1.165) is 0 Å². The van der Waals surface area contributed by atoms with E-state index in [-0.39, 0.29) is 31.0 Å². The zero-order chi connectivity index (χ0) is 5.21. The largest absolute Gasteiger partial charge is 1.00 e. The average molecular weight is 132 g/mol. The third kappa shape index (κ3) is 11.0. The molecule has 0 fully saturated rings. The van der Waals surface area contributed by atoms with Crippen LogP contribution in [0.3, 0.4) is 0 Å². The van der Waals surface area contributed by atoms with E-state index in [0.29, 0.717) is 0 Å². The van der Waals surface area contributed by atoms with Gasteiger partial charge in [-0.25, -0.2) is 4.57 Å². The van der Waals surface area contributed by atoms with Crippen LogP contribution < -0.4 is 29.6 Å². The van der Waals surface area contributed by atoms with Crippen molar-refractivity contribution in [2.24, 2.45) is 0 Å². The molecule has 0 atom stereocenters. The molecule has 36 valence electrons. The number of rotatable bonds is 1. The molecule has 0 amide bonds. The van der Waals surface area contributed by atoms with Gasteiger partial charge >= 0.3 is 37.4 Å². The zero-order valence-electron chi connectivity index (χ0n) is 4.74. The Morgan fingerprint density at radius 3 is 1.86 bits per heavy atom. The summed E-state index contributed by atoms with van der Waals surface area (Å²) in [6, 6.07) is 0. The molecule has 7 heteroatoms. The average Bonchev–Trinajstić information content (AvgIpc) is 1.35. The van der Waals surface area contributed by atoms with Gasteiger partial charge in [-0.3, -0.25) is 0 Å². The van der Waals surface area contributed by atoms with Crippen molar-refractivity contribution >= 4 is 15.9 Å². The fourth-order valence-electron chi connectivity index (χ4n) is 0. The summed E-state index contributed by atoms with van der Waals surface area (Å²) < 4.78 is 12.5. The van der Waals surface area contributed by atoms with E-state index >= 15 is 0 Å². The summed E-state index contributed by atoms with van der Waals surface area (Å²) in [7, 11) is -0.326. The molecule has 0 aromatic rings. The quantitative estimate of drug-likeness (QED) is 0.284. The molecule has 0 spiro atoms. The van der Waals surface area contributed by atoms with E-state index in [1.165, 1.54) is 0 Å². The predicted molar refractivity (Wildman–Crippen MR) is 20.0 cm³/mol. The van der Waals surface area contributed by atoms with Crippen LogP contribution in [0, 0.1) is 0 Å². The van der Waals surface area contributed by atoms with Gasteiger partial charge in [0, 0.05) is 0 Å². The summed E-state index contributed by atoms with van der Waals surface area (Å²) in [5.74, 6) is 0. The summed E-state index contributed by atoms with van der Waals surface area (Å²) in [5.41, 5.74) is 0. The van der Waals surface area contributed by atoms with Crippen LogP contribution in [0.2, 0.25) is 0 Å². The molecule has 0 unspecified atom stereocenters. The third-order valence-corrected chi connectivity index (χ3v) is 0.412. The molecule has 0 aliphatic rings. The fraction of sp³-hybridized carbons (Fsp3) is 0. The molecule has 2 N–H and O–H groups in total. The second-order valence-electron chi connectivity index (χ2n) is 0.596. The topological polar surface area (TPSA) is 66.8 Å². The first kappa shape index (κ1) is 11.0. The van der Waals surface area contributed by atoms with Crippen molar-refractivity contribution in [1.82, 2.24) is 0 Å². The molecule has 0 bridgehead atoms. The van der Waals surface area contributed by atoms with Crippen LogP contribution in [-0.4, -0.2) is 17.8 Å². The molecule has 0 aromatic heterocycles. The molecule has 0 aromatic carbocycles. The Kier molecular flexibility index (Phi) is 6.45. The normalized spacial score (nSPS) is 10.0. The predicted octanol–water partition coefficient (Wildman–Crippen LogP) is -3.70. The third-order valence-electron chi connectivity index (χ3n) is 0.137. The van der Waals surface area contributed by atoms with Crippen LogP contribution in [0.5, 0.6) is 0 Å². The molecule has 7 heavy (non-hydrogen) atoms. The fourth-order valence-corrected chi connectivity index (χ4v) is 0. The van der Waals surface area contributed by atoms with Crippen LogP contribution in [0.25, 0.3) is 0 Å². The minimum absolute atomic E-state index is 0. The Morgan fingerprint density at radius 2 is 1.86 bits per heavy atom. The number of phosphoric acid groups is 1. The van der Waals surface area contributed by atoms with Crippen molar-refractivity contribution in [1.29, 1.82) is 0 Å².